The maximum absolute atomic E-state index is 12.1. The number of hydrogen-bond acceptors (Lipinski definition) is 2. The molecule has 1 aliphatic rings. The van der Waals surface area contributed by atoms with E-state index < -0.39 is 5.97 Å². The van der Waals surface area contributed by atoms with E-state index in [1.165, 1.54) is 4.90 Å². The Balaban J connectivity index is 2.65. The first-order chi connectivity index (χ1) is 7.85. The lowest BCUT2D eigenvalue weighted by molar-refractivity contribution is -0.137. The van der Waals surface area contributed by atoms with Crippen molar-refractivity contribution in [2.45, 2.75) is 20.3 Å². The molecule has 0 bridgehead atoms. The number of amides is 2. The first-order valence-corrected chi connectivity index (χ1v) is 5.72. The van der Waals surface area contributed by atoms with Crippen LogP contribution in [0.2, 0.25) is 0 Å². The van der Waals surface area contributed by atoms with Gasteiger partial charge in [0.2, 0.25) is 0 Å². The normalized spacial score (nSPS) is 17.9. The second-order valence-electron chi connectivity index (χ2n) is 5.18. The number of hydrogen-bond donors (Lipinski definition) is 1. The summed E-state index contributed by atoms with van der Waals surface area (Å²) < 4.78 is 0. The Morgan fingerprint density at radius 3 is 2.59 bits per heavy atom. The predicted octanol–water partition coefficient (Wildman–Crippen LogP) is 1.41. The molecule has 0 saturated carbocycles. The summed E-state index contributed by atoms with van der Waals surface area (Å²) in [6.07, 6.45) is 2.50. The Hall–Kier alpha value is -1.52. The molecule has 0 atom stereocenters. The van der Waals surface area contributed by atoms with E-state index >= 15 is 0 Å². The minimum atomic E-state index is -1.00. The summed E-state index contributed by atoms with van der Waals surface area (Å²) in [6.45, 7) is 9.12. The van der Waals surface area contributed by atoms with Crippen LogP contribution in [-0.4, -0.2) is 53.1 Å². The van der Waals surface area contributed by atoms with E-state index in [1.807, 2.05) is 0 Å². The van der Waals surface area contributed by atoms with Crippen molar-refractivity contribution in [2.24, 2.45) is 5.41 Å². The largest absolute Gasteiger partial charge is 0.480 e. The van der Waals surface area contributed by atoms with Crippen molar-refractivity contribution < 1.29 is 14.7 Å². The summed E-state index contributed by atoms with van der Waals surface area (Å²) >= 11 is 0. The van der Waals surface area contributed by atoms with Gasteiger partial charge in [0.1, 0.15) is 6.54 Å². The van der Waals surface area contributed by atoms with Gasteiger partial charge in [-0.05, 0) is 11.8 Å². The Bertz CT molecular complexity index is 326. The van der Waals surface area contributed by atoms with E-state index in [-0.39, 0.29) is 24.5 Å². The van der Waals surface area contributed by atoms with Crippen LogP contribution < -0.4 is 0 Å². The SMILES string of the molecule is C=CCN(CC(=O)O)C(=O)N1CCC(C)(C)C1. The van der Waals surface area contributed by atoms with E-state index in [4.69, 9.17) is 5.11 Å². The van der Waals surface area contributed by atoms with Crippen molar-refractivity contribution in [2.75, 3.05) is 26.2 Å². The summed E-state index contributed by atoms with van der Waals surface area (Å²) in [7, 11) is 0. The molecule has 0 unspecified atom stereocenters. The summed E-state index contributed by atoms with van der Waals surface area (Å²) in [6, 6.07) is -0.210. The molecule has 96 valence electrons. The van der Waals surface area contributed by atoms with Crippen LogP contribution in [0.5, 0.6) is 0 Å². The fourth-order valence-corrected chi connectivity index (χ4v) is 2.01. The number of urea groups is 1. The van der Waals surface area contributed by atoms with Gasteiger partial charge in [-0.25, -0.2) is 4.79 Å². The molecule has 1 N–H and O–H groups in total. The van der Waals surface area contributed by atoms with Crippen molar-refractivity contribution in [1.29, 1.82) is 0 Å². The van der Waals surface area contributed by atoms with Crippen molar-refractivity contribution in [3.05, 3.63) is 12.7 Å². The zero-order valence-corrected chi connectivity index (χ0v) is 10.5. The minimum absolute atomic E-state index is 0.124. The molecule has 5 nitrogen and oxygen atoms in total. The Morgan fingerprint density at radius 2 is 2.18 bits per heavy atom. The number of rotatable bonds is 4. The first-order valence-electron chi connectivity index (χ1n) is 5.72. The first kappa shape index (κ1) is 13.5. The smallest absolute Gasteiger partial charge is 0.323 e. The molecule has 2 amide bonds. The van der Waals surface area contributed by atoms with E-state index in [2.05, 4.69) is 20.4 Å². The van der Waals surface area contributed by atoms with Crippen LogP contribution >= 0.6 is 0 Å². The molecule has 1 aliphatic heterocycles. The molecule has 0 aromatic carbocycles. The molecule has 1 saturated heterocycles. The monoisotopic (exact) mass is 240 g/mol. The number of carboxylic acids is 1. The molecule has 0 radical (unpaired) electrons. The number of nitrogens with zero attached hydrogens (tertiary/aromatic N) is 2. The van der Waals surface area contributed by atoms with Crippen LogP contribution in [0.4, 0.5) is 4.79 Å². The molecular weight excluding hydrogens is 220 g/mol. The van der Waals surface area contributed by atoms with Gasteiger partial charge in [0, 0.05) is 19.6 Å². The van der Waals surface area contributed by atoms with Gasteiger partial charge in [0.05, 0.1) is 0 Å². The highest BCUT2D eigenvalue weighted by atomic mass is 16.4. The second-order valence-corrected chi connectivity index (χ2v) is 5.18. The highest BCUT2D eigenvalue weighted by Crippen LogP contribution is 2.29. The van der Waals surface area contributed by atoms with Gasteiger partial charge in [-0.1, -0.05) is 19.9 Å². The second kappa shape index (κ2) is 5.21. The van der Waals surface area contributed by atoms with Crippen molar-refractivity contribution in [3.63, 3.8) is 0 Å². The number of likely N-dealkylation sites (tertiary alicyclic amines) is 1. The minimum Gasteiger partial charge on any atom is -0.480 e. The quantitative estimate of drug-likeness (QED) is 0.756. The van der Waals surface area contributed by atoms with Gasteiger partial charge in [-0.15, -0.1) is 6.58 Å². The Labute approximate surface area is 102 Å². The molecular formula is C12H20N2O3. The summed E-state index contributed by atoms with van der Waals surface area (Å²) in [4.78, 5) is 25.8. The molecule has 1 heterocycles. The summed E-state index contributed by atoms with van der Waals surface area (Å²) in [5, 5.41) is 8.76. The molecule has 0 aromatic rings. The summed E-state index contributed by atoms with van der Waals surface area (Å²) in [5.74, 6) is -1.00. The lowest BCUT2D eigenvalue weighted by Crippen LogP contribution is -2.44. The lowest BCUT2D eigenvalue weighted by atomic mass is 9.93. The van der Waals surface area contributed by atoms with E-state index in [0.29, 0.717) is 13.1 Å². The third-order valence-electron chi connectivity index (χ3n) is 2.89. The Morgan fingerprint density at radius 1 is 1.53 bits per heavy atom. The van der Waals surface area contributed by atoms with Crippen molar-refractivity contribution in [1.82, 2.24) is 9.80 Å². The van der Waals surface area contributed by atoms with Gasteiger partial charge in [-0.2, -0.15) is 0 Å². The van der Waals surface area contributed by atoms with Crippen molar-refractivity contribution in [3.8, 4) is 0 Å². The van der Waals surface area contributed by atoms with E-state index in [0.717, 1.165) is 6.42 Å². The third-order valence-corrected chi connectivity index (χ3v) is 2.89. The van der Waals surface area contributed by atoms with Crippen LogP contribution in [0.1, 0.15) is 20.3 Å². The van der Waals surface area contributed by atoms with E-state index in [1.54, 1.807) is 11.0 Å². The van der Waals surface area contributed by atoms with Crippen LogP contribution in [0.3, 0.4) is 0 Å². The molecule has 1 rings (SSSR count). The van der Waals surface area contributed by atoms with Gasteiger partial charge in [-0.3, -0.25) is 4.79 Å². The molecule has 0 aromatic heterocycles. The molecule has 17 heavy (non-hydrogen) atoms. The van der Waals surface area contributed by atoms with Crippen molar-refractivity contribution >= 4 is 12.0 Å². The highest BCUT2D eigenvalue weighted by Gasteiger charge is 2.34. The number of carboxylic acid groups (broad SMARTS) is 1. The van der Waals surface area contributed by atoms with Crippen LogP contribution in [-0.2, 0) is 4.79 Å². The number of carbonyl (C=O) groups excluding carboxylic acids is 1. The lowest BCUT2D eigenvalue weighted by Gasteiger charge is -2.27. The van der Waals surface area contributed by atoms with Gasteiger partial charge in [0.25, 0.3) is 0 Å². The average Bonchev–Trinajstić information content (AvgIpc) is 2.56. The zero-order chi connectivity index (χ0) is 13.1. The standard InChI is InChI=1S/C12H20N2O3/c1-4-6-13(8-10(15)16)11(17)14-7-5-12(2,3)9-14/h4H,1,5-9H2,2-3H3,(H,15,16). The third kappa shape index (κ3) is 3.76. The molecule has 1 fully saturated rings. The van der Waals surface area contributed by atoms with Crippen LogP contribution in [0, 0.1) is 5.41 Å². The zero-order valence-electron chi connectivity index (χ0n) is 10.5. The van der Waals surface area contributed by atoms with E-state index in [9.17, 15) is 9.59 Å². The van der Waals surface area contributed by atoms with Gasteiger partial charge >= 0.3 is 12.0 Å². The maximum atomic E-state index is 12.1. The average molecular weight is 240 g/mol. The predicted molar refractivity (Wildman–Crippen MR) is 64.8 cm³/mol. The van der Waals surface area contributed by atoms with Gasteiger partial charge < -0.3 is 14.9 Å². The topological polar surface area (TPSA) is 60.9 Å². The Kier molecular flexibility index (Phi) is 4.15. The van der Waals surface area contributed by atoms with Crippen LogP contribution in [0.25, 0.3) is 0 Å². The summed E-state index contributed by atoms with van der Waals surface area (Å²) in [5.41, 5.74) is 0.124. The number of carbonyl (C=O) groups is 2. The van der Waals surface area contributed by atoms with Crippen LogP contribution in [0.15, 0.2) is 12.7 Å². The van der Waals surface area contributed by atoms with Gasteiger partial charge in [0.15, 0.2) is 0 Å². The maximum Gasteiger partial charge on any atom is 0.323 e. The highest BCUT2D eigenvalue weighted by molar-refractivity contribution is 5.80. The fraction of sp³-hybridized carbons (Fsp3) is 0.667. The number of aliphatic carboxylic acids is 1. The molecule has 0 aliphatic carbocycles. The molecule has 5 heteroatoms. The fourth-order valence-electron chi connectivity index (χ4n) is 2.01. The molecule has 0 spiro atoms.